The van der Waals surface area contributed by atoms with Crippen LogP contribution >= 0.6 is 0 Å². The van der Waals surface area contributed by atoms with Gasteiger partial charge in [-0.05, 0) is 25.3 Å². The molecule has 0 spiro atoms. The fraction of sp³-hybridized carbons (Fsp3) is 0.750. The van der Waals surface area contributed by atoms with Gasteiger partial charge in [0.1, 0.15) is 12.3 Å². The van der Waals surface area contributed by atoms with Gasteiger partial charge in [0.15, 0.2) is 0 Å². The van der Waals surface area contributed by atoms with Crippen molar-refractivity contribution < 1.29 is 22.7 Å². The number of aromatic amines is 1. The maximum absolute atomic E-state index is 12.5. The Morgan fingerprint density at radius 3 is 2.64 bits per heavy atom. The van der Waals surface area contributed by atoms with Crippen LogP contribution in [0.15, 0.2) is 6.07 Å². The normalized spacial score (nSPS) is 19.4. The summed E-state index contributed by atoms with van der Waals surface area (Å²) in [5.41, 5.74) is 1.51. The number of hydrogen-bond donors (Lipinski definition) is 1. The molecule has 0 atom stereocenters. The van der Waals surface area contributed by atoms with E-state index >= 15 is 0 Å². The van der Waals surface area contributed by atoms with Crippen LogP contribution in [0.5, 0.6) is 0 Å². The van der Waals surface area contributed by atoms with Crippen LogP contribution in [0.2, 0.25) is 0 Å². The summed E-state index contributed by atoms with van der Waals surface area (Å²) in [7, 11) is 0. The third kappa shape index (κ3) is 5.43. The number of alkyl halides is 3. The van der Waals surface area contributed by atoms with E-state index in [1.165, 1.54) is 0 Å². The number of nitrogens with zero attached hydrogens (tertiary/aromatic N) is 3. The van der Waals surface area contributed by atoms with Gasteiger partial charge in [-0.2, -0.15) is 18.3 Å². The van der Waals surface area contributed by atoms with E-state index in [1.807, 2.05) is 6.07 Å². The van der Waals surface area contributed by atoms with Crippen molar-refractivity contribution in [2.75, 3.05) is 45.9 Å². The average molecular weight is 360 g/mol. The third-order valence-corrected chi connectivity index (χ3v) is 4.52. The molecule has 3 rings (SSSR count). The van der Waals surface area contributed by atoms with Crippen LogP contribution in [-0.2, 0) is 4.74 Å². The molecule has 0 radical (unpaired) electrons. The van der Waals surface area contributed by atoms with E-state index in [1.54, 1.807) is 4.90 Å². The summed E-state index contributed by atoms with van der Waals surface area (Å²) >= 11 is 0. The molecule has 1 aliphatic carbocycles. The van der Waals surface area contributed by atoms with Crippen molar-refractivity contribution in [1.29, 1.82) is 0 Å². The predicted molar refractivity (Wildman–Crippen MR) is 84.4 cm³/mol. The molecule has 1 amide bonds. The minimum Gasteiger partial charge on any atom is -0.372 e. The van der Waals surface area contributed by atoms with Gasteiger partial charge in [-0.25, -0.2) is 0 Å². The monoisotopic (exact) mass is 360 g/mol. The molecular formula is C16H23F3N4O2. The van der Waals surface area contributed by atoms with Crippen LogP contribution in [0.1, 0.15) is 41.4 Å². The molecule has 2 heterocycles. The number of H-pyrrole nitrogens is 1. The molecule has 0 aromatic carbocycles. The first-order valence-electron chi connectivity index (χ1n) is 8.64. The smallest absolute Gasteiger partial charge is 0.372 e. The molecule has 140 valence electrons. The van der Waals surface area contributed by atoms with Crippen LogP contribution in [-0.4, -0.2) is 78.0 Å². The lowest BCUT2D eigenvalue weighted by Gasteiger charge is -2.34. The van der Waals surface area contributed by atoms with Crippen LogP contribution in [0.25, 0.3) is 0 Å². The van der Waals surface area contributed by atoms with Crippen molar-refractivity contribution >= 4 is 5.91 Å². The molecule has 1 saturated carbocycles. The molecule has 0 unspecified atom stereocenters. The quantitative estimate of drug-likeness (QED) is 0.756. The molecule has 0 bridgehead atoms. The maximum Gasteiger partial charge on any atom is 0.411 e. The Morgan fingerprint density at radius 1 is 1.28 bits per heavy atom. The summed E-state index contributed by atoms with van der Waals surface area (Å²) in [4.78, 5) is 16.4. The predicted octanol–water partition coefficient (Wildman–Crippen LogP) is 2.01. The summed E-state index contributed by atoms with van der Waals surface area (Å²) in [6.07, 6.45) is -1.41. The lowest BCUT2D eigenvalue weighted by molar-refractivity contribution is -0.174. The number of hydrogen-bond acceptors (Lipinski definition) is 4. The van der Waals surface area contributed by atoms with Gasteiger partial charge in [0.05, 0.1) is 0 Å². The minimum atomic E-state index is -4.27. The highest BCUT2D eigenvalue weighted by atomic mass is 19.4. The van der Waals surface area contributed by atoms with Crippen molar-refractivity contribution in [1.82, 2.24) is 20.0 Å². The second-order valence-electron chi connectivity index (χ2n) is 6.64. The molecule has 2 fully saturated rings. The van der Waals surface area contributed by atoms with E-state index < -0.39 is 12.8 Å². The van der Waals surface area contributed by atoms with Crippen molar-refractivity contribution in [2.24, 2.45) is 0 Å². The zero-order valence-electron chi connectivity index (χ0n) is 14.0. The van der Waals surface area contributed by atoms with Crippen molar-refractivity contribution in [3.8, 4) is 0 Å². The van der Waals surface area contributed by atoms with Crippen molar-refractivity contribution in [2.45, 2.75) is 31.4 Å². The second kappa shape index (κ2) is 7.74. The lowest BCUT2D eigenvalue weighted by Crippen LogP contribution is -2.49. The van der Waals surface area contributed by atoms with Gasteiger partial charge >= 0.3 is 6.18 Å². The standard InChI is InChI=1S/C16H23F3N4O2/c17-16(18,19)11-25-9-1-4-22-5-7-23(8-6-22)15(24)14-10-13(20-21-14)12-2-3-12/h10,12H,1-9,11H2,(H,20,21). The molecule has 25 heavy (non-hydrogen) atoms. The molecule has 1 aliphatic heterocycles. The highest BCUT2D eigenvalue weighted by Gasteiger charge is 2.29. The number of carbonyl (C=O) groups excluding carboxylic acids is 1. The van der Waals surface area contributed by atoms with Gasteiger partial charge in [0, 0.05) is 50.9 Å². The highest BCUT2D eigenvalue weighted by molar-refractivity contribution is 5.92. The Balaban J connectivity index is 1.34. The SMILES string of the molecule is O=C(c1cc(C2CC2)[nH]n1)N1CCN(CCCOCC(F)(F)F)CC1. The first-order valence-corrected chi connectivity index (χ1v) is 8.64. The van der Waals surface area contributed by atoms with Gasteiger partial charge in [0.25, 0.3) is 5.91 Å². The van der Waals surface area contributed by atoms with Gasteiger partial charge in [0.2, 0.25) is 0 Å². The number of halogens is 3. The summed E-state index contributed by atoms with van der Waals surface area (Å²) in [6.45, 7) is 2.21. The van der Waals surface area contributed by atoms with Gasteiger partial charge in [-0.15, -0.1) is 0 Å². The number of rotatable bonds is 7. The fourth-order valence-corrected chi connectivity index (χ4v) is 2.96. The number of nitrogens with one attached hydrogen (secondary N) is 1. The Morgan fingerprint density at radius 2 is 2.00 bits per heavy atom. The zero-order chi connectivity index (χ0) is 17.9. The van der Waals surface area contributed by atoms with Gasteiger partial charge in [-0.3, -0.25) is 14.8 Å². The molecule has 1 N–H and O–H groups in total. The Bertz CT molecular complexity index is 578. The third-order valence-electron chi connectivity index (χ3n) is 4.52. The number of aromatic nitrogens is 2. The van der Waals surface area contributed by atoms with Gasteiger partial charge in [-0.1, -0.05) is 0 Å². The maximum atomic E-state index is 12.5. The number of carbonyl (C=O) groups is 1. The molecule has 9 heteroatoms. The summed E-state index contributed by atoms with van der Waals surface area (Å²) < 4.78 is 40.5. The Labute approximate surface area is 144 Å². The molecule has 6 nitrogen and oxygen atoms in total. The molecule has 1 saturated heterocycles. The first-order chi connectivity index (χ1) is 11.9. The number of piperazine rings is 1. The van der Waals surface area contributed by atoms with E-state index in [9.17, 15) is 18.0 Å². The minimum absolute atomic E-state index is 0.0590. The highest BCUT2D eigenvalue weighted by Crippen LogP contribution is 2.39. The van der Waals surface area contributed by atoms with Crippen LogP contribution in [0.3, 0.4) is 0 Å². The fourth-order valence-electron chi connectivity index (χ4n) is 2.96. The largest absolute Gasteiger partial charge is 0.411 e. The Kier molecular flexibility index (Phi) is 5.63. The number of amides is 1. The molecule has 1 aromatic rings. The average Bonchev–Trinajstić information content (AvgIpc) is 3.31. The lowest BCUT2D eigenvalue weighted by atomic mass is 10.2. The first kappa shape index (κ1) is 18.2. The van der Waals surface area contributed by atoms with E-state index in [-0.39, 0.29) is 12.5 Å². The zero-order valence-corrected chi connectivity index (χ0v) is 14.0. The van der Waals surface area contributed by atoms with Crippen molar-refractivity contribution in [3.05, 3.63) is 17.5 Å². The summed E-state index contributed by atoms with van der Waals surface area (Å²) in [5, 5.41) is 7.07. The summed E-state index contributed by atoms with van der Waals surface area (Å²) in [6, 6.07) is 1.85. The van der Waals surface area contributed by atoms with Gasteiger partial charge < -0.3 is 9.64 Å². The van der Waals surface area contributed by atoms with E-state index in [2.05, 4.69) is 19.8 Å². The topological polar surface area (TPSA) is 61.5 Å². The molecule has 1 aromatic heterocycles. The van der Waals surface area contributed by atoms with E-state index in [0.29, 0.717) is 50.8 Å². The summed E-state index contributed by atoms with van der Waals surface area (Å²) in [5.74, 6) is 0.474. The Hall–Kier alpha value is -1.61. The van der Waals surface area contributed by atoms with Crippen LogP contribution in [0, 0.1) is 0 Å². The second-order valence-corrected chi connectivity index (χ2v) is 6.64. The number of ether oxygens (including phenoxy) is 1. The van der Waals surface area contributed by atoms with Crippen LogP contribution in [0.4, 0.5) is 13.2 Å². The van der Waals surface area contributed by atoms with E-state index in [0.717, 1.165) is 18.5 Å². The van der Waals surface area contributed by atoms with E-state index in [4.69, 9.17) is 0 Å². The molecular weight excluding hydrogens is 337 g/mol. The van der Waals surface area contributed by atoms with Crippen molar-refractivity contribution in [3.63, 3.8) is 0 Å². The van der Waals surface area contributed by atoms with Crippen LogP contribution < -0.4 is 0 Å². The molecule has 2 aliphatic rings.